The van der Waals surface area contributed by atoms with Gasteiger partial charge in [-0.1, -0.05) is 0 Å². The first-order valence-electron chi connectivity index (χ1n) is 4.36. The maximum absolute atomic E-state index is 5.24. The van der Waals surface area contributed by atoms with Crippen LogP contribution in [0.3, 0.4) is 0 Å². The highest BCUT2D eigenvalue weighted by molar-refractivity contribution is 4.99. The first-order valence-corrected chi connectivity index (χ1v) is 4.36. The van der Waals surface area contributed by atoms with Gasteiger partial charge in [0.15, 0.2) is 0 Å². The Labute approximate surface area is 77.0 Å². The Bertz CT molecular complexity index is 362. The van der Waals surface area contributed by atoms with E-state index in [1.54, 1.807) is 6.26 Å². The third-order valence-electron chi connectivity index (χ3n) is 2.10. The number of nitrogens with zero attached hydrogens (tertiary/aromatic N) is 2. The summed E-state index contributed by atoms with van der Waals surface area (Å²) >= 11 is 0. The summed E-state index contributed by atoms with van der Waals surface area (Å²) in [5.74, 6) is 2.07. The molecular formula is C10H12N2O. The van der Waals surface area contributed by atoms with Crippen molar-refractivity contribution in [2.75, 3.05) is 0 Å². The van der Waals surface area contributed by atoms with E-state index in [-0.39, 0.29) is 0 Å². The van der Waals surface area contributed by atoms with Gasteiger partial charge in [-0.25, -0.2) is 4.98 Å². The van der Waals surface area contributed by atoms with Crippen LogP contribution in [0.15, 0.2) is 35.2 Å². The summed E-state index contributed by atoms with van der Waals surface area (Å²) in [5.41, 5.74) is 0. The van der Waals surface area contributed by atoms with Crippen molar-refractivity contribution in [3.63, 3.8) is 0 Å². The zero-order chi connectivity index (χ0) is 9.10. The molecule has 0 radical (unpaired) electrons. The molecular weight excluding hydrogens is 164 g/mol. The predicted molar refractivity (Wildman–Crippen MR) is 49.4 cm³/mol. The van der Waals surface area contributed by atoms with Crippen LogP contribution in [0.25, 0.3) is 0 Å². The second-order valence-electron chi connectivity index (χ2n) is 3.00. The summed E-state index contributed by atoms with van der Waals surface area (Å²) in [7, 11) is 0. The van der Waals surface area contributed by atoms with Gasteiger partial charge in [-0.2, -0.15) is 0 Å². The van der Waals surface area contributed by atoms with E-state index in [0.717, 1.165) is 24.6 Å². The fraction of sp³-hybridized carbons (Fsp3) is 0.300. The van der Waals surface area contributed by atoms with Crippen LogP contribution in [-0.4, -0.2) is 9.55 Å². The maximum Gasteiger partial charge on any atom is 0.105 e. The summed E-state index contributed by atoms with van der Waals surface area (Å²) < 4.78 is 7.35. The fourth-order valence-electron chi connectivity index (χ4n) is 1.33. The van der Waals surface area contributed by atoms with Gasteiger partial charge in [-0.05, 0) is 19.1 Å². The highest BCUT2D eigenvalue weighted by Gasteiger charge is 1.98. The smallest absolute Gasteiger partial charge is 0.105 e. The SMILES string of the molecule is Cc1nccn1CCc1ccco1. The van der Waals surface area contributed by atoms with Gasteiger partial charge < -0.3 is 8.98 Å². The lowest BCUT2D eigenvalue weighted by Gasteiger charge is -2.01. The number of imidazole rings is 1. The molecule has 3 nitrogen and oxygen atoms in total. The first-order chi connectivity index (χ1) is 6.36. The van der Waals surface area contributed by atoms with Gasteiger partial charge in [0.25, 0.3) is 0 Å². The molecule has 13 heavy (non-hydrogen) atoms. The number of hydrogen-bond acceptors (Lipinski definition) is 2. The van der Waals surface area contributed by atoms with Crippen molar-refractivity contribution in [1.29, 1.82) is 0 Å². The van der Waals surface area contributed by atoms with Crippen molar-refractivity contribution in [1.82, 2.24) is 9.55 Å². The summed E-state index contributed by atoms with van der Waals surface area (Å²) in [6.07, 6.45) is 6.43. The molecule has 2 aromatic heterocycles. The minimum atomic E-state index is 0.921. The van der Waals surface area contributed by atoms with Crippen LogP contribution in [0.5, 0.6) is 0 Å². The Morgan fingerprint density at radius 2 is 2.46 bits per heavy atom. The van der Waals surface area contributed by atoms with Crippen LogP contribution in [0.2, 0.25) is 0 Å². The van der Waals surface area contributed by atoms with Gasteiger partial charge in [0.05, 0.1) is 6.26 Å². The number of aromatic nitrogens is 2. The van der Waals surface area contributed by atoms with Gasteiger partial charge in [-0.15, -0.1) is 0 Å². The summed E-state index contributed by atoms with van der Waals surface area (Å²) in [5, 5.41) is 0. The monoisotopic (exact) mass is 176 g/mol. The van der Waals surface area contributed by atoms with Crippen LogP contribution in [0, 0.1) is 6.92 Å². The predicted octanol–water partition coefficient (Wildman–Crippen LogP) is 2.03. The first kappa shape index (κ1) is 8.10. The Morgan fingerprint density at radius 1 is 1.54 bits per heavy atom. The molecule has 0 fully saturated rings. The second-order valence-corrected chi connectivity index (χ2v) is 3.00. The zero-order valence-electron chi connectivity index (χ0n) is 7.60. The van der Waals surface area contributed by atoms with E-state index in [1.807, 2.05) is 31.5 Å². The molecule has 2 heterocycles. The molecule has 0 saturated heterocycles. The summed E-state index contributed by atoms with van der Waals surface area (Å²) in [6, 6.07) is 3.91. The van der Waals surface area contributed by atoms with Crippen LogP contribution in [0.4, 0.5) is 0 Å². The van der Waals surface area contributed by atoms with Crippen LogP contribution < -0.4 is 0 Å². The van der Waals surface area contributed by atoms with Crippen molar-refractivity contribution in [3.8, 4) is 0 Å². The van der Waals surface area contributed by atoms with E-state index in [1.165, 1.54) is 0 Å². The van der Waals surface area contributed by atoms with Crippen molar-refractivity contribution in [3.05, 3.63) is 42.4 Å². The van der Waals surface area contributed by atoms with Crippen molar-refractivity contribution < 1.29 is 4.42 Å². The van der Waals surface area contributed by atoms with Gasteiger partial charge in [-0.3, -0.25) is 0 Å². The molecule has 0 atom stereocenters. The third-order valence-corrected chi connectivity index (χ3v) is 2.10. The highest BCUT2D eigenvalue weighted by atomic mass is 16.3. The number of rotatable bonds is 3. The Morgan fingerprint density at radius 3 is 3.08 bits per heavy atom. The average molecular weight is 176 g/mol. The maximum atomic E-state index is 5.24. The number of aryl methyl sites for hydroxylation is 3. The lowest BCUT2D eigenvalue weighted by molar-refractivity contribution is 0.489. The van der Waals surface area contributed by atoms with Crippen molar-refractivity contribution in [2.45, 2.75) is 19.9 Å². The molecule has 0 saturated carbocycles. The van der Waals surface area contributed by atoms with E-state index in [4.69, 9.17) is 4.42 Å². The molecule has 0 aliphatic carbocycles. The fourth-order valence-corrected chi connectivity index (χ4v) is 1.33. The Balaban J connectivity index is 1.97. The van der Waals surface area contributed by atoms with E-state index < -0.39 is 0 Å². The highest BCUT2D eigenvalue weighted by Crippen LogP contribution is 2.04. The molecule has 0 N–H and O–H groups in total. The van der Waals surface area contributed by atoms with Crippen molar-refractivity contribution in [2.24, 2.45) is 0 Å². The van der Waals surface area contributed by atoms with E-state index in [9.17, 15) is 0 Å². The molecule has 2 aromatic rings. The Kier molecular flexibility index (Phi) is 2.17. The molecule has 0 aliphatic rings. The van der Waals surface area contributed by atoms with Gasteiger partial charge in [0.1, 0.15) is 11.6 Å². The quantitative estimate of drug-likeness (QED) is 0.716. The summed E-state index contributed by atoms with van der Waals surface area (Å²) in [6.45, 7) is 2.93. The molecule has 0 spiro atoms. The van der Waals surface area contributed by atoms with Gasteiger partial charge in [0.2, 0.25) is 0 Å². The van der Waals surface area contributed by atoms with Crippen molar-refractivity contribution >= 4 is 0 Å². The van der Waals surface area contributed by atoms with E-state index in [2.05, 4.69) is 9.55 Å². The lowest BCUT2D eigenvalue weighted by atomic mass is 10.3. The van der Waals surface area contributed by atoms with E-state index >= 15 is 0 Å². The largest absolute Gasteiger partial charge is 0.469 e. The standard InChI is InChI=1S/C10H12N2O/c1-9-11-5-7-12(9)6-4-10-3-2-8-13-10/h2-3,5,7-8H,4,6H2,1H3. The number of furan rings is 1. The molecule has 2 rings (SSSR count). The van der Waals surface area contributed by atoms with Gasteiger partial charge >= 0.3 is 0 Å². The third kappa shape index (κ3) is 1.80. The molecule has 68 valence electrons. The molecule has 0 aliphatic heterocycles. The molecule has 0 aromatic carbocycles. The minimum absolute atomic E-state index is 0.921. The van der Waals surface area contributed by atoms with Crippen LogP contribution in [0.1, 0.15) is 11.6 Å². The molecule has 0 amide bonds. The zero-order valence-corrected chi connectivity index (χ0v) is 7.60. The lowest BCUT2D eigenvalue weighted by Crippen LogP contribution is -2.01. The molecule has 0 unspecified atom stereocenters. The summed E-state index contributed by atoms with van der Waals surface area (Å²) in [4.78, 5) is 4.15. The molecule has 0 bridgehead atoms. The average Bonchev–Trinajstić information content (AvgIpc) is 2.72. The second kappa shape index (κ2) is 3.47. The number of hydrogen-bond donors (Lipinski definition) is 0. The van der Waals surface area contributed by atoms with Gasteiger partial charge in [0, 0.05) is 25.4 Å². The van der Waals surface area contributed by atoms with Crippen LogP contribution >= 0.6 is 0 Å². The minimum Gasteiger partial charge on any atom is -0.469 e. The molecule has 3 heteroatoms. The van der Waals surface area contributed by atoms with Crippen LogP contribution in [-0.2, 0) is 13.0 Å². The van der Waals surface area contributed by atoms with E-state index in [0.29, 0.717) is 0 Å². The normalized spacial score (nSPS) is 10.5. The topological polar surface area (TPSA) is 31.0 Å². The Hall–Kier alpha value is -1.51.